The van der Waals surface area contributed by atoms with Gasteiger partial charge in [-0.05, 0) is 32.1 Å². The molecule has 1 aliphatic rings. The first kappa shape index (κ1) is 11.3. The minimum absolute atomic E-state index is 0.845. The fraction of sp³-hybridized carbons (Fsp3) is 0.429. The largest absolute Gasteiger partial charge is 0.342 e. The standard InChI is InChI=1S/C14H18N4/c1-2-4-12(5-3-1)6-10-18-11-9-17-14(18)13-15-7-8-16-13/h4,7-9,11H,1-3,5-6,10H2,(H,15,16). The minimum Gasteiger partial charge on any atom is -0.342 e. The van der Waals surface area contributed by atoms with Crippen LogP contribution in [0.2, 0.25) is 0 Å². The van der Waals surface area contributed by atoms with E-state index < -0.39 is 0 Å². The Morgan fingerprint density at radius 3 is 3.00 bits per heavy atom. The van der Waals surface area contributed by atoms with E-state index in [0.717, 1.165) is 24.6 Å². The number of nitrogens with one attached hydrogen (secondary N) is 1. The Morgan fingerprint density at radius 1 is 1.22 bits per heavy atom. The summed E-state index contributed by atoms with van der Waals surface area (Å²) in [6.07, 6.45) is 16.2. The van der Waals surface area contributed by atoms with E-state index in [4.69, 9.17) is 0 Å². The normalized spacial score (nSPS) is 15.7. The molecule has 0 atom stereocenters. The summed E-state index contributed by atoms with van der Waals surface area (Å²) in [6, 6.07) is 0. The van der Waals surface area contributed by atoms with Gasteiger partial charge < -0.3 is 9.55 Å². The summed E-state index contributed by atoms with van der Waals surface area (Å²) in [6.45, 7) is 0.988. The highest BCUT2D eigenvalue weighted by Gasteiger charge is 2.09. The van der Waals surface area contributed by atoms with E-state index in [0.29, 0.717) is 0 Å². The summed E-state index contributed by atoms with van der Waals surface area (Å²) in [5.74, 6) is 1.77. The van der Waals surface area contributed by atoms with Crippen LogP contribution in [-0.4, -0.2) is 19.5 Å². The van der Waals surface area contributed by atoms with Crippen LogP contribution >= 0.6 is 0 Å². The van der Waals surface area contributed by atoms with Gasteiger partial charge in [-0.3, -0.25) is 0 Å². The summed E-state index contributed by atoms with van der Waals surface area (Å²) in [4.78, 5) is 11.7. The maximum atomic E-state index is 4.37. The number of aromatic nitrogens is 4. The van der Waals surface area contributed by atoms with Crippen molar-refractivity contribution < 1.29 is 0 Å². The monoisotopic (exact) mass is 242 g/mol. The Kier molecular flexibility index (Phi) is 3.26. The van der Waals surface area contributed by atoms with Crippen molar-refractivity contribution in [1.82, 2.24) is 19.5 Å². The van der Waals surface area contributed by atoms with Gasteiger partial charge in [0.05, 0.1) is 0 Å². The van der Waals surface area contributed by atoms with Gasteiger partial charge in [0.15, 0.2) is 11.6 Å². The van der Waals surface area contributed by atoms with Crippen molar-refractivity contribution in [3.05, 3.63) is 36.4 Å². The molecule has 3 rings (SSSR count). The van der Waals surface area contributed by atoms with Crippen molar-refractivity contribution in [3.63, 3.8) is 0 Å². The molecule has 4 nitrogen and oxygen atoms in total. The molecule has 4 heteroatoms. The fourth-order valence-electron chi connectivity index (χ4n) is 2.49. The Morgan fingerprint density at radius 2 is 2.22 bits per heavy atom. The van der Waals surface area contributed by atoms with Gasteiger partial charge in [0.1, 0.15) is 0 Å². The smallest absolute Gasteiger partial charge is 0.176 e. The SMILES string of the molecule is C1=C(CCn2ccnc2-c2ncc[nH]2)CCCC1. The Bertz CT molecular complexity index is 522. The number of nitrogens with zero attached hydrogens (tertiary/aromatic N) is 3. The average molecular weight is 242 g/mol. The molecular formula is C14H18N4. The lowest BCUT2D eigenvalue weighted by Crippen LogP contribution is -2.03. The first-order chi connectivity index (χ1) is 8.93. The Labute approximate surface area is 107 Å². The Balaban J connectivity index is 1.70. The minimum atomic E-state index is 0.845. The molecule has 0 unspecified atom stereocenters. The molecule has 0 amide bonds. The molecule has 0 bridgehead atoms. The zero-order valence-corrected chi connectivity index (χ0v) is 10.5. The molecule has 0 aliphatic heterocycles. The average Bonchev–Trinajstić information content (AvgIpc) is 3.08. The Hall–Kier alpha value is -1.84. The van der Waals surface area contributed by atoms with Gasteiger partial charge in [-0.15, -0.1) is 0 Å². The van der Waals surface area contributed by atoms with Gasteiger partial charge in [-0.1, -0.05) is 11.6 Å². The highest BCUT2D eigenvalue weighted by atomic mass is 15.1. The number of aromatic amines is 1. The van der Waals surface area contributed by atoms with Crippen molar-refractivity contribution in [2.75, 3.05) is 0 Å². The summed E-state index contributed by atoms with van der Waals surface area (Å²) in [7, 11) is 0. The van der Waals surface area contributed by atoms with E-state index in [2.05, 4.69) is 25.6 Å². The van der Waals surface area contributed by atoms with Crippen LogP contribution in [0.5, 0.6) is 0 Å². The predicted octanol–water partition coefficient (Wildman–Crippen LogP) is 3.16. The lowest BCUT2D eigenvalue weighted by atomic mass is 9.97. The molecule has 2 aromatic rings. The molecule has 0 saturated heterocycles. The molecule has 18 heavy (non-hydrogen) atoms. The lowest BCUT2D eigenvalue weighted by Gasteiger charge is -2.13. The van der Waals surface area contributed by atoms with E-state index >= 15 is 0 Å². The lowest BCUT2D eigenvalue weighted by molar-refractivity contribution is 0.627. The van der Waals surface area contributed by atoms with Crippen molar-refractivity contribution in [3.8, 4) is 11.6 Å². The van der Waals surface area contributed by atoms with E-state index in [-0.39, 0.29) is 0 Å². The number of hydrogen-bond donors (Lipinski definition) is 1. The van der Waals surface area contributed by atoms with Gasteiger partial charge in [-0.2, -0.15) is 0 Å². The molecule has 94 valence electrons. The first-order valence-corrected chi connectivity index (χ1v) is 6.62. The van der Waals surface area contributed by atoms with Crippen LogP contribution in [0.1, 0.15) is 32.1 Å². The number of rotatable bonds is 4. The van der Waals surface area contributed by atoms with Crippen molar-refractivity contribution in [1.29, 1.82) is 0 Å². The fourth-order valence-corrected chi connectivity index (χ4v) is 2.49. The third-order valence-corrected chi connectivity index (χ3v) is 3.48. The molecule has 0 aromatic carbocycles. The van der Waals surface area contributed by atoms with Gasteiger partial charge in [0.2, 0.25) is 0 Å². The molecule has 0 saturated carbocycles. The zero-order chi connectivity index (χ0) is 12.2. The van der Waals surface area contributed by atoms with E-state index in [1.165, 1.54) is 25.7 Å². The zero-order valence-electron chi connectivity index (χ0n) is 10.5. The number of allylic oxidation sites excluding steroid dienone is 2. The van der Waals surface area contributed by atoms with Crippen molar-refractivity contribution in [2.24, 2.45) is 0 Å². The number of imidazole rings is 2. The van der Waals surface area contributed by atoms with Crippen LogP contribution < -0.4 is 0 Å². The second-order valence-corrected chi connectivity index (χ2v) is 4.74. The third-order valence-electron chi connectivity index (χ3n) is 3.48. The van der Waals surface area contributed by atoms with Crippen molar-refractivity contribution in [2.45, 2.75) is 38.6 Å². The first-order valence-electron chi connectivity index (χ1n) is 6.62. The van der Waals surface area contributed by atoms with Gasteiger partial charge in [0, 0.05) is 31.3 Å². The van der Waals surface area contributed by atoms with Gasteiger partial charge >= 0.3 is 0 Å². The molecule has 0 fully saturated rings. The molecule has 1 N–H and O–H groups in total. The quantitative estimate of drug-likeness (QED) is 0.837. The number of hydrogen-bond acceptors (Lipinski definition) is 2. The van der Waals surface area contributed by atoms with E-state index in [1.807, 2.05) is 18.6 Å². The molecular weight excluding hydrogens is 224 g/mol. The number of H-pyrrole nitrogens is 1. The predicted molar refractivity (Wildman–Crippen MR) is 71.0 cm³/mol. The molecule has 1 aliphatic carbocycles. The van der Waals surface area contributed by atoms with Crippen LogP contribution in [0, 0.1) is 0 Å². The van der Waals surface area contributed by atoms with Gasteiger partial charge in [-0.25, -0.2) is 9.97 Å². The second kappa shape index (κ2) is 5.21. The molecule has 2 heterocycles. The second-order valence-electron chi connectivity index (χ2n) is 4.74. The van der Waals surface area contributed by atoms with Gasteiger partial charge in [0.25, 0.3) is 0 Å². The third kappa shape index (κ3) is 2.37. The van der Waals surface area contributed by atoms with Crippen LogP contribution in [0.4, 0.5) is 0 Å². The van der Waals surface area contributed by atoms with E-state index in [9.17, 15) is 0 Å². The summed E-state index contributed by atoms with van der Waals surface area (Å²) < 4.78 is 2.17. The topological polar surface area (TPSA) is 46.5 Å². The van der Waals surface area contributed by atoms with Crippen LogP contribution in [0.3, 0.4) is 0 Å². The van der Waals surface area contributed by atoms with Crippen LogP contribution in [0.25, 0.3) is 11.6 Å². The van der Waals surface area contributed by atoms with Crippen molar-refractivity contribution >= 4 is 0 Å². The summed E-state index contributed by atoms with van der Waals surface area (Å²) >= 11 is 0. The van der Waals surface area contributed by atoms with E-state index in [1.54, 1.807) is 11.8 Å². The van der Waals surface area contributed by atoms with Crippen LogP contribution in [0.15, 0.2) is 36.4 Å². The molecule has 2 aromatic heterocycles. The molecule has 0 spiro atoms. The number of aryl methyl sites for hydroxylation is 1. The summed E-state index contributed by atoms with van der Waals surface area (Å²) in [5, 5.41) is 0. The highest BCUT2D eigenvalue weighted by molar-refractivity contribution is 5.43. The summed E-state index contributed by atoms with van der Waals surface area (Å²) in [5.41, 5.74) is 1.60. The molecule has 0 radical (unpaired) electrons. The maximum absolute atomic E-state index is 4.37. The van der Waals surface area contributed by atoms with Crippen LogP contribution in [-0.2, 0) is 6.54 Å². The maximum Gasteiger partial charge on any atom is 0.176 e. The highest BCUT2D eigenvalue weighted by Crippen LogP contribution is 2.21.